The number of benzene rings is 2. The monoisotopic (exact) mass is 376 g/mol. The third kappa shape index (κ3) is 2.81. The molecular formula is C18H18BrFN2O. The molecule has 2 aromatic carbocycles. The van der Waals surface area contributed by atoms with Crippen LogP contribution in [0.5, 0.6) is 5.75 Å². The van der Waals surface area contributed by atoms with Crippen LogP contribution in [0, 0.1) is 12.7 Å². The van der Waals surface area contributed by atoms with Crippen molar-refractivity contribution >= 4 is 15.9 Å². The summed E-state index contributed by atoms with van der Waals surface area (Å²) in [6.45, 7) is 2.58. The van der Waals surface area contributed by atoms with Crippen molar-refractivity contribution in [2.45, 2.75) is 12.3 Å². The van der Waals surface area contributed by atoms with E-state index in [1.54, 1.807) is 13.2 Å². The Kier molecular flexibility index (Phi) is 4.06. The molecule has 1 heterocycles. The van der Waals surface area contributed by atoms with Crippen LogP contribution in [0.25, 0.3) is 0 Å². The van der Waals surface area contributed by atoms with Gasteiger partial charge in [-0.3, -0.25) is 0 Å². The normalized spacial score (nSPS) is 20.1. The molecule has 5 heteroatoms. The Balaban J connectivity index is 2.20. The molecule has 3 rings (SSSR count). The molecule has 0 amide bonds. The van der Waals surface area contributed by atoms with E-state index < -0.39 is 5.41 Å². The zero-order valence-electron chi connectivity index (χ0n) is 13.0. The summed E-state index contributed by atoms with van der Waals surface area (Å²) in [5, 5.41) is 3.16. The number of halogens is 2. The molecule has 0 bridgehead atoms. The van der Waals surface area contributed by atoms with Crippen LogP contribution >= 0.6 is 15.9 Å². The molecule has 0 aliphatic carbocycles. The maximum atomic E-state index is 13.9. The molecule has 0 radical (unpaired) electrons. The first-order valence-electron chi connectivity index (χ1n) is 7.28. The largest absolute Gasteiger partial charge is 0.496 e. The molecule has 120 valence electrons. The summed E-state index contributed by atoms with van der Waals surface area (Å²) in [7, 11) is 1.65. The second-order valence-corrected chi connectivity index (χ2v) is 6.68. The van der Waals surface area contributed by atoms with Crippen LogP contribution in [0.4, 0.5) is 4.39 Å². The van der Waals surface area contributed by atoms with Crippen molar-refractivity contribution in [3.8, 4) is 5.75 Å². The van der Waals surface area contributed by atoms with Gasteiger partial charge in [-0.25, -0.2) is 4.39 Å². The minimum Gasteiger partial charge on any atom is -0.496 e. The molecule has 0 aromatic heterocycles. The van der Waals surface area contributed by atoms with Crippen LogP contribution in [0.1, 0.15) is 16.7 Å². The molecule has 1 atom stereocenters. The molecule has 0 saturated carbocycles. The molecule has 1 unspecified atom stereocenters. The number of nitrogens with two attached hydrogens (primary N) is 1. The van der Waals surface area contributed by atoms with Crippen LogP contribution in [0.3, 0.4) is 0 Å². The summed E-state index contributed by atoms with van der Waals surface area (Å²) in [5.74, 6) is 1.14. The first-order chi connectivity index (χ1) is 10.9. The van der Waals surface area contributed by atoms with Crippen LogP contribution in [0.2, 0.25) is 0 Å². The van der Waals surface area contributed by atoms with Gasteiger partial charge in [0.15, 0.2) is 0 Å². The van der Waals surface area contributed by atoms with E-state index in [9.17, 15) is 4.39 Å². The Hall–Kier alpha value is -2.01. The number of hydrogen-bond donors (Lipinski definition) is 2. The second-order valence-electron chi connectivity index (χ2n) is 5.77. The Morgan fingerprint density at radius 3 is 2.57 bits per heavy atom. The molecular weight excluding hydrogens is 359 g/mol. The fourth-order valence-electron chi connectivity index (χ4n) is 3.11. The van der Waals surface area contributed by atoms with Gasteiger partial charge in [-0.15, -0.1) is 0 Å². The highest BCUT2D eigenvalue weighted by molar-refractivity contribution is 9.10. The smallest absolute Gasteiger partial charge is 0.124 e. The summed E-state index contributed by atoms with van der Waals surface area (Å²) in [5.41, 5.74) is 8.39. The lowest BCUT2D eigenvalue weighted by atomic mass is 9.75. The molecule has 0 saturated heterocycles. The van der Waals surface area contributed by atoms with E-state index in [0.717, 1.165) is 22.4 Å². The summed E-state index contributed by atoms with van der Waals surface area (Å²) in [6, 6.07) is 10.9. The van der Waals surface area contributed by atoms with Crippen molar-refractivity contribution < 1.29 is 9.13 Å². The SMILES string of the molecule is COc1ccc(C2(c3cc(F)cc(Br)c3)C=C(N)NC2)cc1C. The Labute approximate surface area is 143 Å². The molecule has 1 aliphatic rings. The predicted molar refractivity (Wildman–Crippen MR) is 92.9 cm³/mol. The van der Waals surface area contributed by atoms with Gasteiger partial charge in [-0.05, 0) is 54.0 Å². The molecule has 0 fully saturated rings. The maximum Gasteiger partial charge on any atom is 0.124 e. The van der Waals surface area contributed by atoms with Crippen LogP contribution in [-0.4, -0.2) is 13.7 Å². The summed E-state index contributed by atoms with van der Waals surface area (Å²) < 4.78 is 20.0. The van der Waals surface area contributed by atoms with Crippen molar-refractivity contribution in [1.29, 1.82) is 0 Å². The van der Waals surface area contributed by atoms with E-state index in [0.29, 0.717) is 16.8 Å². The van der Waals surface area contributed by atoms with Crippen molar-refractivity contribution in [2.24, 2.45) is 5.73 Å². The average molecular weight is 377 g/mol. The topological polar surface area (TPSA) is 47.3 Å². The third-order valence-corrected chi connectivity index (χ3v) is 4.72. The van der Waals surface area contributed by atoms with Gasteiger partial charge in [-0.2, -0.15) is 0 Å². The summed E-state index contributed by atoms with van der Waals surface area (Å²) in [6.07, 6.45) is 1.95. The van der Waals surface area contributed by atoms with Gasteiger partial charge in [0.05, 0.1) is 18.3 Å². The minimum absolute atomic E-state index is 0.280. The van der Waals surface area contributed by atoms with E-state index in [1.165, 1.54) is 6.07 Å². The number of methoxy groups -OCH3 is 1. The third-order valence-electron chi connectivity index (χ3n) is 4.26. The molecule has 3 N–H and O–H groups in total. The van der Waals surface area contributed by atoms with Gasteiger partial charge in [0.2, 0.25) is 0 Å². The number of ether oxygens (including phenoxy) is 1. The lowest BCUT2D eigenvalue weighted by molar-refractivity contribution is 0.411. The van der Waals surface area contributed by atoms with Crippen molar-refractivity contribution in [2.75, 3.05) is 13.7 Å². The summed E-state index contributed by atoms with van der Waals surface area (Å²) >= 11 is 3.38. The highest BCUT2D eigenvalue weighted by Crippen LogP contribution is 2.39. The minimum atomic E-state index is -0.508. The van der Waals surface area contributed by atoms with Crippen molar-refractivity contribution in [1.82, 2.24) is 5.32 Å². The van der Waals surface area contributed by atoms with Gasteiger partial charge >= 0.3 is 0 Å². The predicted octanol–water partition coefficient (Wildman–Crippen LogP) is 3.59. The van der Waals surface area contributed by atoms with Crippen molar-refractivity contribution in [3.05, 3.63) is 75.3 Å². The molecule has 0 spiro atoms. The molecule has 1 aliphatic heterocycles. The number of rotatable bonds is 3. The Bertz CT molecular complexity index is 770. The van der Waals surface area contributed by atoms with Gasteiger partial charge < -0.3 is 15.8 Å². The number of aryl methyl sites for hydroxylation is 1. The van der Waals surface area contributed by atoms with Gasteiger partial charge in [-0.1, -0.05) is 28.1 Å². The van der Waals surface area contributed by atoms with E-state index in [1.807, 2.05) is 31.2 Å². The second kappa shape index (κ2) is 5.89. The standard InChI is InChI=1S/C18H18BrFN2O/c1-11-5-12(3-4-16(11)23-2)18(9-17(21)22-10-18)13-6-14(19)8-15(20)7-13/h3-9,22H,10,21H2,1-2H3. The highest BCUT2D eigenvalue weighted by Gasteiger charge is 2.37. The van der Waals surface area contributed by atoms with Gasteiger partial charge in [0, 0.05) is 11.0 Å². The lowest BCUT2D eigenvalue weighted by Gasteiger charge is -2.29. The first kappa shape index (κ1) is 15.9. The lowest BCUT2D eigenvalue weighted by Crippen LogP contribution is -2.31. The molecule has 3 nitrogen and oxygen atoms in total. The van der Waals surface area contributed by atoms with E-state index in [4.69, 9.17) is 10.5 Å². The Morgan fingerprint density at radius 1 is 1.22 bits per heavy atom. The first-order valence-corrected chi connectivity index (χ1v) is 8.08. The number of nitrogens with one attached hydrogen (secondary N) is 1. The van der Waals surface area contributed by atoms with Crippen molar-refractivity contribution in [3.63, 3.8) is 0 Å². The van der Waals surface area contributed by atoms with E-state index in [-0.39, 0.29) is 5.82 Å². The molecule has 2 aromatic rings. The quantitative estimate of drug-likeness (QED) is 0.860. The Morgan fingerprint density at radius 2 is 2.00 bits per heavy atom. The summed E-state index contributed by atoms with van der Waals surface area (Å²) in [4.78, 5) is 0. The van der Waals surface area contributed by atoms with Gasteiger partial charge in [0.1, 0.15) is 11.6 Å². The fourth-order valence-corrected chi connectivity index (χ4v) is 3.58. The zero-order valence-corrected chi connectivity index (χ0v) is 14.6. The van der Waals surface area contributed by atoms with Gasteiger partial charge in [0.25, 0.3) is 0 Å². The fraction of sp³-hybridized carbons (Fsp3) is 0.222. The van der Waals surface area contributed by atoms with Crippen LogP contribution in [0.15, 0.2) is 52.8 Å². The highest BCUT2D eigenvalue weighted by atomic mass is 79.9. The van der Waals surface area contributed by atoms with E-state index in [2.05, 4.69) is 27.3 Å². The van der Waals surface area contributed by atoms with E-state index >= 15 is 0 Å². The zero-order chi connectivity index (χ0) is 16.6. The maximum absolute atomic E-state index is 13.9. The molecule has 23 heavy (non-hydrogen) atoms. The van der Waals surface area contributed by atoms with Crippen LogP contribution < -0.4 is 15.8 Å². The number of hydrogen-bond acceptors (Lipinski definition) is 3. The van der Waals surface area contributed by atoms with Crippen LogP contribution in [-0.2, 0) is 5.41 Å². The average Bonchev–Trinajstić information content (AvgIpc) is 2.89.